The molecule has 0 fully saturated rings. The van der Waals surface area contributed by atoms with Gasteiger partial charge < -0.3 is 9.84 Å². The van der Waals surface area contributed by atoms with Crippen LogP contribution in [-0.2, 0) is 6.42 Å². The molecule has 0 amide bonds. The van der Waals surface area contributed by atoms with Crippen molar-refractivity contribution in [3.63, 3.8) is 0 Å². The summed E-state index contributed by atoms with van der Waals surface area (Å²) in [6.07, 6.45) is 2.52. The van der Waals surface area contributed by atoms with Crippen LogP contribution >= 0.6 is 0 Å². The van der Waals surface area contributed by atoms with Gasteiger partial charge in [0.25, 0.3) is 0 Å². The number of hydrogen-bond donors (Lipinski definition) is 1. The zero-order chi connectivity index (χ0) is 12.8. The summed E-state index contributed by atoms with van der Waals surface area (Å²) in [6, 6.07) is 13.6. The molecule has 1 aromatic carbocycles. The van der Waals surface area contributed by atoms with Crippen LogP contribution in [0, 0.1) is 0 Å². The van der Waals surface area contributed by atoms with Crippen molar-refractivity contribution in [3.8, 4) is 5.75 Å². The van der Waals surface area contributed by atoms with E-state index in [4.69, 9.17) is 4.74 Å². The van der Waals surface area contributed by atoms with Crippen LogP contribution in [0.3, 0.4) is 0 Å². The quantitative estimate of drug-likeness (QED) is 0.877. The third-order valence-corrected chi connectivity index (χ3v) is 2.99. The monoisotopic (exact) mass is 243 g/mol. The Labute approximate surface area is 107 Å². The van der Waals surface area contributed by atoms with E-state index in [-0.39, 0.29) is 12.5 Å². The maximum Gasteiger partial charge on any atom is 0.118 e. The lowest BCUT2D eigenvalue weighted by Crippen LogP contribution is -2.08. The minimum Gasteiger partial charge on any atom is -0.497 e. The smallest absolute Gasteiger partial charge is 0.118 e. The number of nitrogens with zero attached hydrogens (tertiary/aromatic N) is 1. The SMILES string of the molecule is COc1ccc(C(CO)Cc2ccccn2)cc1. The van der Waals surface area contributed by atoms with Gasteiger partial charge in [-0.2, -0.15) is 0 Å². The Morgan fingerprint density at radius 3 is 2.50 bits per heavy atom. The molecule has 0 aliphatic heterocycles. The summed E-state index contributed by atoms with van der Waals surface area (Å²) in [5.41, 5.74) is 2.09. The molecule has 0 saturated carbocycles. The number of aromatic nitrogens is 1. The molecule has 2 aromatic rings. The topological polar surface area (TPSA) is 42.4 Å². The maximum atomic E-state index is 9.51. The third kappa shape index (κ3) is 3.08. The molecule has 1 unspecified atom stereocenters. The maximum absolute atomic E-state index is 9.51. The standard InChI is InChI=1S/C15H17NO2/c1-18-15-7-5-12(6-8-15)13(11-17)10-14-4-2-3-9-16-14/h2-9,13,17H,10-11H2,1H3. The van der Waals surface area contributed by atoms with Crippen LogP contribution in [0.25, 0.3) is 0 Å². The van der Waals surface area contributed by atoms with E-state index in [1.54, 1.807) is 13.3 Å². The molecule has 0 bridgehead atoms. The predicted molar refractivity (Wildman–Crippen MR) is 70.8 cm³/mol. The van der Waals surface area contributed by atoms with Gasteiger partial charge in [-0.1, -0.05) is 18.2 Å². The van der Waals surface area contributed by atoms with E-state index in [1.807, 2.05) is 42.5 Å². The second-order valence-electron chi connectivity index (χ2n) is 4.18. The Hall–Kier alpha value is -1.87. The van der Waals surface area contributed by atoms with E-state index in [9.17, 15) is 5.11 Å². The van der Waals surface area contributed by atoms with Crippen molar-refractivity contribution in [2.45, 2.75) is 12.3 Å². The Morgan fingerprint density at radius 1 is 1.17 bits per heavy atom. The largest absolute Gasteiger partial charge is 0.497 e. The van der Waals surface area contributed by atoms with Crippen LogP contribution in [-0.4, -0.2) is 23.8 Å². The summed E-state index contributed by atoms with van der Waals surface area (Å²) in [5, 5.41) is 9.51. The minimum absolute atomic E-state index is 0.0748. The molecule has 1 N–H and O–H groups in total. The van der Waals surface area contributed by atoms with E-state index in [0.29, 0.717) is 0 Å². The van der Waals surface area contributed by atoms with E-state index >= 15 is 0 Å². The van der Waals surface area contributed by atoms with E-state index in [0.717, 1.165) is 23.4 Å². The highest BCUT2D eigenvalue weighted by Crippen LogP contribution is 2.22. The number of aliphatic hydroxyl groups excluding tert-OH is 1. The van der Waals surface area contributed by atoms with Crippen LogP contribution in [0.4, 0.5) is 0 Å². The van der Waals surface area contributed by atoms with Gasteiger partial charge in [0.2, 0.25) is 0 Å². The Balaban J connectivity index is 2.12. The van der Waals surface area contributed by atoms with Crippen LogP contribution < -0.4 is 4.74 Å². The summed E-state index contributed by atoms with van der Waals surface area (Å²) < 4.78 is 5.13. The predicted octanol–water partition coefficient (Wildman–Crippen LogP) is 2.41. The fraction of sp³-hybridized carbons (Fsp3) is 0.267. The number of hydrogen-bond acceptors (Lipinski definition) is 3. The number of aliphatic hydroxyl groups is 1. The van der Waals surface area contributed by atoms with Crippen LogP contribution in [0.5, 0.6) is 5.75 Å². The van der Waals surface area contributed by atoms with E-state index in [1.165, 1.54) is 0 Å². The third-order valence-electron chi connectivity index (χ3n) is 2.99. The number of rotatable bonds is 5. The Morgan fingerprint density at radius 2 is 1.94 bits per heavy atom. The summed E-state index contributed by atoms with van der Waals surface area (Å²) >= 11 is 0. The van der Waals surface area contributed by atoms with Crippen molar-refractivity contribution in [2.24, 2.45) is 0 Å². The molecule has 0 radical (unpaired) electrons. The van der Waals surface area contributed by atoms with Gasteiger partial charge in [-0.25, -0.2) is 0 Å². The lowest BCUT2D eigenvalue weighted by atomic mass is 9.95. The van der Waals surface area contributed by atoms with Crippen molar-refractivity contribution in [3.05, 3.63) is 59.9 Å². The summed E-state index contributed by atoms with van der Waals surface area (Å²) in [6.45, 7) is 0.114. The summed E-state index contributed by atoms with van der Waals surface area (Å²) in [4.78, 5) is 4.29. The zero-order valence-corrected chi connectivity index (χ0v) is 10.4. The van der Waals surface area contributed by atoms with Gasteiger partial charge in [0.1, 0.15) is 5.75 Å². The average molecular weight is 243 g/mol. The molecular weight excluding hydrogens is 226 g/mol. The van der Waals surface area contributed by atoms with Crippen molar-refractivity contribution >= 4 is 0 Å². The summed E-state index contributed by atoms with van der Waals surface area (Å²) in [5.74, 6) is 0.902. The Bertz CT molecular complexity index is 468. The molecule has 0 saturated heterocycles. The van der Waals surface area contributed by atoms with Gasteiger partial charge in [-0.15, -0.1) is 0 Å². The molecular formula is C15H17NO2. The van der Waals surface area contributed by atoms with Crippen molar-refractivity contribution in [1.29, 1.82) is 0 Å². The Kier molecular flexibility index (Phi) is 4.31. The van der Waals surface area contributed by atoms with Crippen LogP contribution in [0.15, 0.2) is 48.7 Å². The lowest BCUT2D eigenvalue weighted by Gasteiger charge is -2.14. The normalized spacial score (nSPS) is 12.1. The van der Waals surface area contributed by atoms with Gasteiger partial charge in [0.15, 0.2) is 0 Å². The molecule has 94 valence electrons. The molecule has 2 rings (SSSR count). The first-order valence-electron chi connectivity index (χ1n) is 5.98. The molecule has 3 heteroatoms. The van der Waals surface area contributed by atoms with Gasteiger partial charge in [0, 0.05) is 17.8 Å². The van der Waals surface area contributed by atoms with Gasteiger partial charge in [0.05, 0.1) is 13.7 Å². The number of ether oxygens (including phenoxy) is 1. The highest BCUT2D eigenvalue weighted by Gasteiger charge is 2.12. The molecule has 1 aromatic heterocycles. The minimum atomic E-state index is 0.0748. The molecule has 0 spiro atoms. The first kappa shape index (κ1) is 12.6. The second-order valence-corrected chi connectivity index (χ2v) is 4.18. The van der Waals surface area contributed by atoms with Crippen molar-refractivity contribution in [2.75, 3.05) is 13.7 Å². The van der Waals surface area contributed by atoms with Crippen LogP contribution in [0.1, 0.15) is 17.2 Å². The van der Waals surface area contributed by atoms with E-state index < -0.39 is 0 Å². The number of pyridine rings is 1. The lowest BCUT2D eigenvalue weighted by molar-refractivity contribution is 0.263. The molecule has 1 atom stereocenters. The average Bonchev–Trinajstić information content (AvgIpc) is 2.46. The van der Waals surface area contributed by atoms with Gasteiger partial charge in [-0.3, -0.25) is 4.98 Å². The second kappa shape index (κ2) is 6.17. The van der Waals surface area contributed by atoms with E-state index in [2.05, 4.69) is 4.98 Å². The fourth-order valence-electron chi connectivity index (χ4n) is 1.94. The zero-order valence-electron chi connectivity index (χ0n) is 10.4. The van der Waals surface area contributed by atoms with Crippen molar-refractivity contribution in [1.82, 2.24) is 4.98 Å². The number of methoxy groups -OCH3 is 1. The molecule has 18 heavy (non-hydrogen) atoms. The first-order chi connectivity index (χ1) is 8.83. The van der Waals surface area contributed by atoms with Gasteiger partial charge in [-0.05, 0) is 36.2 Å². The molecule has 1 heterocycles. The molecule has 0 aliphatic carbocycles. The van der Waals surface area contributed by atoms with Crippen molar-refractivity contribution < 1.29 is 9.84 Å². The van der Waals surface area contributed by atoms with Crippen LogP contribution in [0.2, 0.25) is 0 Å². The highest BCUT2D eigenvalue weighted by molar-refractivity contribution is 5.30. The molecule has 3 nitrogen and oxygen atoms in total. The van der Waals surface area contributed by atoms with Gasteiger partial charge >= 0.3 is 0 Å². The first-order valence-corrected chi connectivity index (χ1v) is 5.98. The fourth-order valence-corrected chi connectivity index (χ4v) is 1.94. The highest BCUT2D eigenvalue weighted by atomic mass is 16.5. The summed E-state index contributed by atoms with van der Waals surface area (Å²) in [7, 11) is 1.65. The number of benzene rings is 1. The molecule has 0 aliphatic rings.